The van der Waals surface area contributed by atoms with Crippen LogP contribution in [0, 0.1) is 0 Å². The lowest BCUT2D eigenvalue weighted by molar-refractivity contribution is 0.314. The number of anilines is 1. The fourth-order valence-electron chi connectivity index (χ4n) is 2.95. The van der Waals surface area contributed by atoms with Crippen LogP contribution in [0.5, 0.6) is 0 Å². The quantitative estimate of drug-likeness (QED) is 0.870. The minimum Gasteiger partial charge on any atom is -0.356 e. The van der Waals surface area contributed by atoms with E-state index in [1.807, 2.05) is 18.2 Å². The van der Waals surface area contributed by atoms with Crippen LogP contribution in [0.15, 0.2) is 24.3 Å². The molecule has 1 aliphatic rings. The Morgan fingerprint density at radius 3 is 2.75 bits per heavy atom. The normalized spacial score (nSPS) is 19.6. The standard InChI is InChI=1S/C15H19ClN4/c1-19-9-5-6-11(19)10-20(2)15-13-8-4-3-7-12(13)14(16)17-18-15/h3-4,7-8,11H,5-6,9-10H2,1-2H3. The first kappa shape index (κ1) is 13.6. The molecule has 0 N–H and O–H groups in total. The first-order valence-electron chi connectivity index (χ1n) is 6.99. The predicted molar refractivity (Wildman–Crippen MR) is 83.5 cm³/mol. The fourth-order valence-corrected chi connectivity index (χ4v) is 3.15. The Bertz CT molecular complexity index is 616. The van der Waals surface area contributed by atoms with Gasteiger partial charge < -0.3 is 9.80 Å². The molecule has 0 aliphatic carbocycles. The Labute approximate surface area is 124 Å². The minimum absolute atomic E-state index is 0.468. The topological polar surface area (TPSA) is 32.3 Å². The molecule has 20 heavy (non-hydrogen) atoms. The molecule has 1 aliphatic heterocycles. The van der Waals surface area contributed by atoms with Crippen LogP contribution in [0.3, 0.4) is 0 Å². The van der Waals surface area contributed by atoms with E-state index in [2.05, 4.69) is 40.2 Å². The van der Waals surface area contributed by atoms with E-state index in [9.17, 15) is 0 Å². The highest BCUT2D eigenvalue weighted by Gasteiger charge is 2.23. The summed E-state index contributed by atoms with van der Waals surface area (Å²) < 4.78 is 0. The van der Waals surface area contributed by atoms with E-state index >= 15 is 0 Å². The highest BCUT2D eigenvalue weighted by molar-refractivity contribution is 6.34. The van der Waals surface area contributed by atoms with E-state index in [1.54, 1.807) is 0 Å². The van der Waals surface area contributed by atoms with Gasteiger partial charge >= 0.3 is 0 Å². The summed E-state index contributed by atoms with van der Waals surface area (Å²) in [6, 6.07) is 8.63. The molecule has 1 unspecified atom stereocenters. The zero-order valence-corrected chi connectivity index (χ0v) is 12.6. The largest absolute Gasteiger partial charge is 0.356 e. The maximum Gasteiger partial charge on any atom is 0.159 e. The van der Waals surface area contributed by atoms with Crippen molar-refractivity contribution in [2.24, 2.45) is 0 Å². The number of hydrogen-bond donors (Lipinski definition) is 0. The number of benzene rings is 1. The highest BCUT2D eigenvalue weighted by Crippen LogP contribution is 2.28. The van der Waals surface area contributed by atoms with Crippen LogP contribution in [0.4, 0.5) is 5.82 Å². The Hall–Kier alpha value is -1.39. The van der Waals surface area contributed by atoms with Gasteiger partial charge in [-0.2, -0.15) is 0 Å². The van der Waals surface area contributed by atoms with E-state index in [0.29, 0.717) is 11.2 Å². The molecule has 0 saturated carbocycles. The second-order valence-electron chi connectivity index (χ2n) is 5.52. The van der Waals surface area contributed by atoms with Crippen LogP contribution in [0.2, 0.25) is 5.15 Å². The monoisotopic (exact) mass is 290 g/mol. The number of fused-ring (bicyclic) bond motifs is 1. The first-order chi connectivity index (χ1) is 9.66. The zero-order chi connectivity index (χ0) is 14.1. The van der Waals surface area contributed by atoms with Crippen molar-refractivity contribution in [3.05, 3.63) is 29.4 Å². The van der Waals surface area contributed by atoms with E-state index in [0.717, 1.165) is 23.1 Å². The minimum atomic E-state index is 0.468. The molecular formula is C15H19ClN4. The van der Waals surface area contributed by atoms with Gasteiger partial charge in [-0.05, 0) is 26.4 Å². The van der Waals surface area contributed by atoms with Gasteiger partial charge in [0, 0.05) is 30.4 Å². The van der Waals surface area contributed by atoms with Crippen molar-refractivity contribution < 1.29 is 0 Å². The summed E-state index contributed by atoms with van der Waals surface area (Å²) in [6.45, 7) is 2.16. The van der Waals surface area contributed by atoms with Crippen molar-refractivity contribution in [1.29, 1.82) is 0 Å². The second-order valence-corrected chi connectivity index (χ2v) is 5.88. The smallest absolute Gasteiger partial charge is 0.159 e. The summed E-state index contributed by atoms with van der Waals surface area (Å²) in [6.07, 6.45) is 2.53. The van der Waals surface area contributed by atoms with Crippen molar-refractivity contribution in [1.82, 2.24) is 15.1 Å². The highest BCUT2D eigenvalue weighted by atomic mass is 35.5. The Morgan fingerprint density at radius 1 is 1.30 bits per heavy atom. The molecule has 3 rings (SSSR count). The maximum absolute atomic E-state index is 6.13. The van der Waals surface area contributed by atoms with Crippen LogP contribution < -0.4 is 4.90 Å². The van der Waals surface area contributed by atoms with E-state index in [1.165, 1.54) is 19.4 Å². The summed E-state index contributed by atoms with van der Waals surface area (Å²) in [5.74, 6) is 0.908. The van der Waals surface area contributed by atoms with Gasteiger partial charge in [-0.25, -0.2) is 0 Å². The number of likely N-dealkylation sites (N-methyl/N-ethyl adjacent to an activating group) is 2. The van der Waals surface area contributed by atoms with Gasteiger partial charge in [0.15, 0.2) is 11.0 Å². The Kier molecular flexibility index (Phi) is 3.76. The fraction of sp³-hybridized carbons (Fsp3) is 0.467. The average molecular weight is 291 g/mol. The van der Waals surface area contributed by atoms with Gasteiger partial charge in [0.2, 0.25) is 0 Å². The summed E-state index contributed by atoms with van der Waals surface area (Å²) in [4.78, 5) is 4.61. The lowest BCUT2D eigenvalue weighted by Crippen LogP contribution is -2.37. The van der Waals surface area contributed by atoms with Crippen molar-refractivity contribution in [2.75, 3.05) is 32.1 Å². The molecule has 1 aromatic carbocycles. The van der Waals surface area contributed by atoms with E-state index < -0.39 is 0 Å². The lowest BCUT2D eigenvalue weighted by atomic mass is 10.1. The maximum atomic E-state index is 6.13. The molecule has 1 atom stereocenters. The molecule has 1 saturated heterocycles. The molecule has 2 heterocycles. The van der Waals surface area contributed by atoms with Gasteiger partial charge in [-0.3, -0.25) is 0 Å². The molecule has 0 bridgehead atoms. The molecule has 2 aromatic rings. The number of rotatable bonds is 3. The van der Waals surface area contributed by atoms with Gasteiger partial charge in [-0.1, -0.05) is 35.9 Å². The van der Waals surface area contributed by atoms with Gasteiger partial charge in [0.05, 0.1) is 0 Å². The van der Waals surface area contributed by atoms with Crippen molar-refractivity contribution >= 4 is 28.2 Å². The first-order valence-corrected chi connectivity index (χ1v) is 7.37. The van der Waals surface area contributed by atoms with E-state index in [4.69, 9.17) is 11.6 Å². The summed E-state index contributed by atoms with van der Waals surface area (Å²) in [5, 5.41) is 10.9. The van der Waals surface area contributed by atoms with Gasteiger partial charge in [0.25, 0.3) is 0 Å². The van der Waals surface area contributed by atoms with Crippen LogP contribution in [-0.2, 0) is 0 Å². The molecule has 0 spiro atoms. The molecule has 0 radical (unpaired) electrons. The van der Waals surface area contributed by atoms with Crippen LogP contribution >= 0.6 is 11.6 Å². The number of halogens is 1. The van der Waals surface area contributed by atoms with Crippen molar-refractivity contribution in [3.8, 4) is 0 Å². The van der Waals surface area contributed by atoms with Gasteiger partial charge in [0.1, 0.15) is 0 Å². The molecule has 4 nitrogen and oxygen atoms in total. The molecule has 1 aromatic heterocycles. The van der Waals surface area contributed by atoms with Crippen LogP contribution in [0.25, 0.3) is 10.8 Å². The molecular weight excluding hydrogens is 272 g/mol. The molecule has 5 heteroatoms. The summed E-state index contributed by atoms with van der Waals surface area (Å²) in [7, 11) is 4.27. The Morgan fingerprint density at radius 2 is 2.05 bits per heavy atom. The lowest BCUT2D eigenvalue weighted by Gasteiger charge is -2.27. The zero-order valence-electron chi connectivity index (χ0n) is 11.9. The average Bonchev–Trinajstić information content (AvgIpc) is 2.85. The third-order valence-corrected chi connectivity index (χ3v) is 4.42. The molecule has 1 fully saturated rings. The van der Waals surface area contributed by atoms with Crippen molar-refractivity contribution in [3.63, 3.8) is 0 Å². The molecule has 106 valence electrons. The van der Waals surface area contributed by atoms with Gasteiger partial charge in [-0.15, -0.1) is 10.2 Å². The van der Waals surface area contributed by atoms with Crippen LogP contribution in [-0.4, -0.2) is 48.3 Å². The predicted octanol–water partition coefficient (Wildman–Crippen LogP) is 2.81. The SMILES string of the molecule is CN(CC1CCCN1C)c1nnc(Cl)c2ccccc12. The van der Waals surface area contributed by atoms with E-state index in [-0.39, 0.29) is 0 Å². The summed E-state index contributed by atoms with van der Waals surface area (Å²) in [5.41, 5.74) is 0. The van der Waals surface area contributed by atoms with Crippen LogP contribution in [0.1, 0.15) is 12.8 Å². The number of hydrogen-bond acceptors (Lipinski definition) is 4. The number of nitrogens with zero attached hydrogens (tertiary/aromatic N) is 4. The number of likely N-dealkylation sites (tertiary alicyclic amines) is 1. The third-order valence-electron chi connectivity index (χ3n) is 4.14. The third kappa shape index (κ3) is 2.45. The number of aromatic nitrogens is 2. The molecule has 0 amide bonds. The Balaban J connectivity index is 1.91. The summed E-state index contributed by atoms with van der Waals surface area (Å²) >= 11 is 6.13. The second kappa shape index (κ2) is 5.54. The van der Waals surface area contributed by atoms with Crippen molar-refractivity contribution in [2.45, 2.75) is 18.9 Å².